The number of methoxy groups -OCH3 is 1. The Morgan fingerprint density at radius 3 is 2.69 bits per heavy atom. The minimum Gasteiger partial charge on any atom is -0.486 e. The smallest absolute Gasteiger partial charge is 0.328 e. The maximum atomic E-state index is 12.8. The van der Waals surface area contributed by atoms with Crippen molar-refractivity contribution in [3.05, 3.63) is 36.5 Å². The van der Waals surface area contributed by atoms with E-state index in [1.54, 1.807) is 34.2 Å². The van der Waals surface area contributed by atoms with Gasteiger partial charge in [-0.2, -0.15) is 19.7 Å². The van der Waals surface area contributed by atoms with Gasteiger partial charge in [-0.1, -0.05) is 20.8 Å². The molecule has 0 spiro atoms. The molecule has 13 nitrogen and oxygen atoms in total. The third kappa shape index (κ3) is 5.97. The highest BCUT2D eigenvalue weighted by atomic mass is 16.5. The Hall–Kier alpha value is -3.90. The molecular formula is C22H29N9O4. The van der Waals surface area contributed by atoms with Crippen LogP contribution in [0.1, 0.15) is 51.8 Å². The molecule has 186 valence electrons. The van der Waals surface area contributed by atoms with Crippen LogP contribution in [0, 0.1) is 5.41 Å². The molecule has 3 aromatic heterocycles. The van der Waals surface area contributed by atoms with Crippen molar-refractivity contribution in [2.24, 2.45) is 5.41 Å². The van der Waals surface area contributed by atoms with Crippen LogP contribution >= 0.6 is 0 Å². The Kier molecular flexibility index (Phi) is 7.03. The Morgan fingerprint density at radius 2 is 2.03 bits per heavy atom. The first kappa shape index (κ1) is 24.2. The number of piperidine rings is 1. The van der Waals surface area contributed by atoms with E-state index in [2.05, 4.69) is 30.7 Å². The van der Waals surface area contributed by atoms with Crippen LogP contribution < -0.4 is 4.74 Å². The number of hydrogen-bond donors (Lipinski definition) is 0. The molecule has 13 heteroatoms. The highest BCUT2D eigenvalue weighted by Crippen LogP contribution is 2.30. The molecule has 0 saturated carbocycles. The van der Waals surface area contributed by atoms with E-state index in [1.807, 2.05) is 20.8 Å². The summed E-state index contributed by atoms with van der Waals surface area (Å²) in [7, 11) is 1.34. The lowest BCUT2D eigenvalue weighted by Gasteiger charge is -2.38. The average molecular weight is 484 g/mol. The minimum absolute atomic E-state index is 0.0476. The highest BCUT2D eigenvalue weighted by Gasteiger charge is 2.39. The van der Waals surface area contributed by atoms with Gasteiger partial charge in [-0.05, 0) is 34.4 Å². The van der Waals surface area contributed by atoms with Gasteiger partial charge in [0.25, 0.3) is 0 Å². The van der Waals surface area contributed by atoms with Crippen LogP contribution in [0.15, 0.2) is 30.9 Å². The number of rotatable bonds is 7. The van der Waals surface area contributed by atoms with E-state index in [4.69, 9.17) is 9.47 Å². The zero-order valence-electron chi connectivity index (χ0n) is 20.2. The third-order valence-corrected chi connectivity index (χ3v) is 5.62. The number of hydrogen-bond acceptors (Lipinski definition) is 10. The normalized spacial score (nSPS) is 18.3. The SMILES string of the molecule is COC(=O)[C@H]1C[C@H](n2ncc(COc3ccc(-n4cnnn4)nc3)n2)CCN1C(=O)CC(C)(C)C. The largest absolute Gasteiger partial charge is 0.486 e. The van der Waals surface area contributed by atoms with Gasteiger partial charge in [-0.3, -0.25) is 4.79 Å². The highest BCUT2D eigenvalue weighted by molar-refractivity contribution is 5.85. The van der Waals surface area contributed by atoms with Crippen molar-refractivity contribution in [3.63, 3.8) is 0 Å². The number of pyridine rings is 1. The molecule has 0 bridgehead atoms. The number of ether oxygens (including phenoxy) is 2. The number of amides is 1. The van der Waals surface area contributed by atoms with Crippen LogP contribution in [0.4, 0.5) is 0 Å². The van der Waals surface area contributed by atoms with Gasteiger partial charge in [0.2, 0.25) is 5.91 Å². The summed E-state index contributed by atoms with van der Waals surface area (Å²) in [5, 5.41) is 19.9. The molecule has 2 atom stereocenters. The van der Waals surface area contributed by atoms with E-state index in [9.17, 15) is 9.59 Å². The lowest BCUT2D eigenvalue weighted by atomic mass is 9.90. The molecule has 1 amide bonds. The first-order chi connectivity index (χ1) is 16.7. The van der Waals surface area contributed by atoms with Crippen molar-refractivity contribution in [3.8, 4) is 11.6 Å². The van der Waals surface area contributed by atoms with Gasteiger partial charge in [0.1, 0.15) is 30.4 Å². The van der Waals surface area contributed by atoms with Crippen molar-refractivity contribution in [2.75, 3.05) is 13.7 Å². The second kappa shape index (κ2) is 10.2. The summed E-state index contributed by atoms with van der Waals surface area (Å²) >= 11 is 0. The summed E-state index contributed by atoms with van der Waals surface area (Å²) in [6.07, 6.45) is 6.05. The second-order valence-electron chi connectivity index (χ2n) is 9.59. The third-order valence-electron chi connectivity index (χ3n) is 5.62. The lowest BCUT2D eigenvalue weighted by Crippen LogP contribution is -2.51. The maximum absolute atomic E-state index is 12.8. The summed E-state index contributed by atoms with van der Waals surface area (Å²) in [6, 6.07) is 2.71. The van der Waals surface area contributed by atoms with Crippen LogP contribution in [0.5, 0.6) is 5.75 Å². The van der Waals surface area contributed by atoms with Crippen molar-refractivity contribution < 1.29 is 19.1 Å². The van der Waals surface area contributed by atoms with Crippen LogP contribution in [0.3, 0.4) is 0 Å². The van der Waals surface area contributed by atoms with Gasteiger partial charge in [-0.25, -0.2) is 9.78 Å². The fraction of sp³-hybridized carbons (Fsp3) is 0.545. The Labute approximate surface area is 202 Å². The fourth-order valence-corrected chi connectivity index (χ4v) is 3.94. The average Bonchev–Trinajstić information content (AvgIpc) is 3.54. The molecule has 0 radical (unpaired) electrons. The quantitative estimate of drug-likeness (QED) is 0.452. The number of esters is 1. The Balaban J connectivity index is 1.37. The lowest BCUT2D eigenvalue weighted by molar-refractivity contribution is -0.156. The molecule has 0 aromatic carbocycles. The van der Waals surface area contributed by atoms with E-state index in [1.165, 1.54) is 18.1 Å². The Morgan fingerprint density at radius 1 is 1.20 bits per heavy atom. The Bertz CT molecular complexity index is 1140. The van der Waals surface area contributed by atoms with Gasteiger partial charge in [0, 0.05) is 19.4 Å². The van der Waals surface area contributed by atoms with Crippen LogP contribution in [-0.4, -0.2) is 76.7 Å². The number of carbonyl (C=O) groups excluding carboxylic acids is 2. The van der Waals surface area contributed by atoms with E-state index in [0.29, 0.717) is 43.1 Å². The predicted molar refractivity (Wildman–Crippen MR) is 121 cm³/mol. The monoisotopic (exact) mass is 483 g/mol. The molecule has 1 aliphatic rings. The fourth-order valence-electron chi connectivity index (χ4n) is 3.94. The second-order valence-corrected chi connectivity index (χ2v) is 9.59. The molecule has 1 aliphatic heterocycles. The standard InChI is InChI=1S/C22H29N9O4/c1-22(2,3)10-20(32)29-8-7-16(9-18(29)21(33)34-4)31-25-11-15(26-31)13-35-17-5-6-19(23-12-17)30-14-24-27-28-30/h5-6,11-12,14,16,18H,7-10,13H2,1-4H3/t16-,18-/m1/s1. The molecule has 0 N–H and O–H groups in total. The predicted octanol–water partition coefficient (Wildman–Crippen LogP) is 1.37. The van der Waals surface area contributed by atoms with Gasteiger partial charge in [-0.15, -0.1) is 5.10 Å². The zero-order chi connectivity index (χ0) is 25.0. The number of nitrogens with zero attached hydrogens (tertiary/aromatic N) is 9. The number of carbonyl (C=O) groups is 2. The topological polar surface area (TPSA) is 143 Å². The summed E-state index contributed by atoms with van der Waals surface area (Å²) in [5.74, 6) is 0.660. The van der Waals surface area contributed by atoms with E-state index in [-0.39, 0.29) is 24.0 Å². The van der Waals surface area contributed by atoms with E-state index in [0.717, 1.165) is 0 Å². The van der Waals surface area contributed by atoms with Gasteiger partial charge < -0.3 is 14.4 Å². The van der Waals surface area contributed by atoms with Crippen LogP contribution in [0.2, 0.25) is 0 Å². The van der Waals surface area contributed by atoms with E-state index < -0.39 is 12.0 Å². The molecule has 3 aromatic rings. The van der Waals surface area contributed by atoms with E-state index >= 15 is 0 Å². The van der Waals surface area contributed by atoms with Gasteiger partial charge >= 0.3 is 5.97 Å². The summed E-state index contributed by atoms with van der Waals surface area (Å²) in [5.41, 5.74) is 0.464. The van der Waals surface area contributed by atoms with Crippen molar-refractivity contribution >= 4 is 11.9 Å². The van der Waals surface area contributed by atoms with Gasteiger partial charge in [0.05, 0.1) is 25.5 Å². The van der Waals surface area contributed by atoms with Crippen molar-refractivity contribution in [2.45, 2.75) is 58.7 Å². The van der Waals surface area contributed by atoms with Crippen LogP contribution in [0.25, 0.3) is 5.82 Å². The molecule has 4 heterocycles. The number of aromatic nitrogens is 8. The van der Waals surface area contributed by atoms with Crippen molar-refractivity contribution in [1.82, 2.24) is 45.1 Å². The summed E-state index contributed by atoms with van der Waals surface area (Å²) in [4.78, 5) is 32.8. The molecule has 0 aliphatic carbocycles. The minimum atomic E-state index is -0.663. The van der Waals surface area contributed by atoms with Gasteiger partial charge in [0.15, 0.2) is 5.82 Å². The first-order valence-corrected chi connectivity index (χ1v) is 11.3. The number of likely N-dealkylation sites (tertiary alicyclic amines) is 1. The molecule has 4 rings (SSSR count). The molecular weight excluding hydrogens is 454 g/mol. The summed E-state index contributed by atoms with van der Waals surface area (Å²) < 4.78 is 12.2. The molecule has 1 saturated heterocycles. The van der Waals surface area contributed by atoms with Crippen molar-refractivity contribution in [1.29, 1.82) is 0 Å². The summed E-state index contributed by atoms with van der Waals surface area (Å²) in [6.45, 7) is 6.64. The maximum Gasteiger partial charge on any atom is 0.328 e. The molecule has 0 unspecified atom stereocenters. The molecule has 1 fully saturated rings. The van der Waals surface area contributed by atoms with Crippen LogP contribution in [-0.2, 0) is 20.9 Å². The molecule has 35 heavy (non-hydrogen) atoms. The first-order valence-electron chi connectivity index (χ1n) is 11.3. The zero-order valence-corrected chi connectivity index (χ0v) is 20.2. The number of tetrazole rings is 1.